The van der Waals surface area contributed by atoms with Gasteiger partial charge in [0.15, 0.2) is 5.84 Å². The van der Waals surface area contributed by atoms with Crippen molar-refractivity contribution in [1.82, 2.24) is 0 Å². The van der Waals surface area contributed by atoms with E-state index < -0.39 is 10.9 Å². The zero-order chi connectivity index (χ0) is 14.5. The lowest BCUT2D eigenvalue weighted by Crippen LogP contribution is -2.14. The van der Waals surface area contributed by atoms with E-state index in [0.29, 0.717) is 4.88 Å². The van der Waals surface area contributed by atoms with E-state index in [-0.39, 0.29) is 17.1 Å². The number of rotatable bonds is 4. The predicted molar refractivity (Wildman–Crippen MR) is 73.6 cm³/mol. The van der Waals surface area contributed by atoms with Crippen molar-refractivity contribution in [3.05, 3.63) is 62.3 Å². The second-order valence-corrected chi connectivity index (χ2v) is 4.55. The number of nitrogens with zero attached hydrogens (tertiary/aromatic N) is 2. The van der Waals surface area contributed by atoms with Gasteiger partial charge in [-0.15, -0.1) is 11.3 Å². The van der Waals surface area contributed by atoms with Crippen LogP contribution in [-0.4, -0.2) is 16.7 Å². The summed E-state index contributed by atoms with van der Waals surface area (Å²) in [5.41, 5.74) is 5.09. The molecule has 2 rings (SSSR count). The molecule has 2 N–H and O–H groups in total. The molecule has 0 radical (unpaired) electrons. The van der Waals surface area contributed by atoms with Crippen LogP contribution in [0.4, 0.5) is 5.69 Å². The average molecular weight is 291 g/mol. The second-order valence-electron chi connectivity index (χ2n) is 3.61. The summed E-state index contributed by atoms with van der Waals surface area (Å²) in [6.07, 6.45) is 0. The zero-order valence-electron chi connectivity index (χ0n) is 10.1. The maximum atomic E-state index is 11.8. The fourth-order valence-electron chi connectivity index (χ4n) is 1.41. The van der Waals surface area contributed by atoms with Crippen LogP contribution in [0.1, 0.15) is 15.2 Å². The van der Waals surface area contributed by atoms with Gasteiger partial charge in [-0.3, -0.25) is 10.1 Å². The maximum Gasteiger partial charge on any atom is 0.372 e. The highest BCUT2D eigenvalue weighted by Crippen LogP contribution is 2.18. The Kier molecular flexibility index (Phi) is 4.06. The molecular weight excluding hydrogens is 282 g/mol. The highest BCUT2D eigenvalue weighted by Gasteiger charge is 2.20. The standard InChI is InChI=1S/C12H9N3O4S/c13-11(10-6-3-7-20-10)14-19-12(16)8-4-1-2-5-9(8)15(17)18/h1-7H,(H2,13,14). The Balaban J connectivity index is 2.17. The minimum Gasteiger partial charge on any atom is -0.380 e. The van der Waals surface area contributed by atoms with Crippen LogP contribution in [0.25, 0.3) is 0 Å². The number of oxime groups is 1. The van der Waals surface area contributed by atoms with E-state index in [1.165, 1.54) is 35.6 Å². The minimum absolute atomic E-state index is 0.0342. The molecule has 20 heavy (non-hydrogen) atoms. The number of nitrogens with two attached hydrogens (primary N) is 1. The molecule has 0 aliphatic heterocycles. The Bertz CT molecular complexity index is 667. The molecule has 0 saturated carbocycles. The van der Waals surface area contributed by atoms with Crippen molar-refractivity contribution in [2.45, 2.75) is 0 Å². The number of carbonyl (C=O) groups excluding carboxylic acids is 1. The summed E-state index contributed by atoms with van der Waals surface area (Å²) >= 11 is 1.33. The van der Waals surface area contributed by atoms with E-state index in [0.717, 1.165) is 0 Å². The largest absolute Gasteiger partial charge is 0.380 e. The van der Waals surface area contributed by atoms with E-state index in [1.807, 2.05) is 0 Å². The van der Waals surface area contributed by atoms with Gasteiger partial charge in [-0.2, -0.15) is 0 Å². The second kappa shape index (κ2) is 5.93. The number of hydrogen-bond donors (Lipinski definition) is 1. The van der Waals surface area contributed by atoms with Crippen molar-refractivity contribution in [3.63, 3.8) is 0 Å². The molecule has 0 bridgehead atoms. The Morgan fingerprint density at radius 1 is 1.30 bits per heavy atom. The molecule has 7 nitrogen and oxygen atoms in total. The molecule has 2 aromatic rings. The third-order valence-corrected chi connectivity index (χ3v) is 3.21. The predicted octanol–water partition coefficient (Wildman–Crippen LogP) is 2.13. The van der Waals surface area contributed by atoms with Gasteiger partial charge in [0.1, 0.15) is 5.56 Å². The molecule has 0 spiro atoms. The van der Waals surface area contributed by atoms with Crippen LogP contribution < -0.4 is 5.73 Å². The van der Waals surface area contributed by atoms with Crippen LogP contribution in [0.15, 0.2) is 46.9 Å². The molecule has 1 heterocycles. The fourth-order valence-corrected chi connectivity index (χ4v) is 2.03. The third kappa shape index (κ3) is 2.98. The first-order valence-corrected chi connectivity index (χ1v) is 6.29. The molecule has 1 aromatic heterocycles. The van der Waals surface area contributed by atoms with Crippen molar-refractivity contribution in [3.8, 4) is 0 Å². The van der Waals surface area contributed by atoms with Crippen LogP contribution in [0.2, 0.25) is 0 Å². The first-order chi connectivity index (χ1) is 9.59. The summed E-state index contributed by atoms with van der Waals surface area (Å²) in [6, 6.07) is 8.93. The van der Waals surface area contributed by atoms with Gasteiger partial charge in [-0.05, 0) is 17.5 Å². The summed E-state index contributed by atoms with van der Waals surface area (Å²) in [6.45, 7) is 0. The number of amidine groups is 1. The lowest BCUT2D eigenvalue weighted by molar-refractivity contribution is -0.385. The Morgan fingerprint density at radius 3 is 2.70 bits per heavy atom. The topological polar surface area (TPSA) is 108 Å². The van der Waals surface area contributed by atoms with Crippen molar-refractivity contribution >= 4 is 28.8 Å². The Morgan fingerprint density at radius 2 is 2.05 bits per heavy atom. The van der Waals surface area contributed by atoms with Gasteiger partial charge in [0.25, 0.3) is 5.69 Å². The van der Waals surface area contributed by atoms with E-state index in [1.54, 1.807) is 17.5 Å². The molecule has 0 fully saturated rings. The molecule has 0 atom stereocenters. The fraction of sp³-hybridized carbons (Fsp3) is 0. The molecule has 0 aliphatic carbocycles. The third-order valence-electron chi connectivity index (χ3n) is 2.32. The molecule has 0 unspecified atom stereocenters. The lowest BCUT2D eigenvalue weighted by Gasteiger charge is -2.00. The summed E-state index contributed by atoms with van der Waals surface area (Å²) < 4.78 is 0. The maximum absolute atomic E-state index is 11.8. The smallest absolute Gasteiger partial charge is 0.372 e. The molecule has 1 aromatic carbocycles. The van der Waals surface area contributed by atoms with Gasteiger partial charge >= 0.3 is 5.97 Å². The van der Waals surface area contributed by atoms with Crippen LogP contribution >= 0.6 is 11.3 Å². The quantitative estimate of drug-likeness (QED) is 0.305. The highest BCUT2D eigenvalue weighted by molar-refractivity contribution is 7.12. The lowest BCUT2D eigenvalue weighted by atomic mass is 10.2. The van der Waals surface area contributed by atoms with Crippen LogP contribution in [-0.2, 0) is 4.84 Å². The molecule has 8 heteroatoms. The van der Waals surface area contributed by atoms with E-state index in [9.17, 15) is 14.9 Å². The SMILES string of the molecule is N/C(=N\OC(=O)c1ccccc1[N+](=O)[O-])c1cccs1. The van der Waals surface area contributed by atoms with Crippen molar-refractivity contribution in [2.24, 2.45) is 10.9 Å². The number of carbonyl (C=O) groups is 1. The van der Waals surface area contributed by atoms with Crippen LogP contribution in [0, 0.1) is 10.1 Å². The van der Waals surface area contributed by atoms with E-state index >= 15 is 0 Å². The monoisotopic (exact) mass is 291 g/mol. The van der Waals surface area contributed by atoms with Gasteiger partial charge in [0.05, 0.1) is 9.80 Å². The van der Waals surface area contributed by atoms with E-state index in [2.05, 4.69) is 9.99 Å². The number of hydrogen-bond acceptors (Lipinski definition) is 6. The van der Waals surface area contributed by atoms with Crippen molar-refractivity contribution in [2.75, 3.05) is 0 Å². The van der Waals surface area contributed by atoms with Crippen LogP contribution in [0.3, 0.4) is 0 Å². The van der Waals surface area contributed by atoms with Crippen molar-refractivity contribution < 1.29 is 14.6 Å². The molecular formula is C12H9N3O4S. The number of nitro groups is 1. The summed E-state index contributed by atoms with van der Waals surface area (Å²) in [4.78, 5) is 27.2. The van der Waals surface area contributed by atoms with Gasteiger partial charge in [-0.1, -0.05) is 23.4 Å². The number of para-hydroxylation sites is 1. The normalized spacial score (nSPS) is 11.1. The van der Waals surface area contributed by atoms with Gasteiger partial charge in [0, 0.05) is 6.07 Å². The minimum atomic E-state index is -0.934. The van der Waals surface area contributed by atoms with Gasteiger partial charge in [-0.25, -0.2) is 4.79 Å². The van der Waals surface area contributed by atoms with Crippen LogP contribution in [0.5, 0.6) is 0 Å². The molecule has 0 aliphatic rings. The number of nitro benzene ring substituents is 1. The summed E-state index contributed by atoms with van der Waals surface area (Å²) in [7, 11) is 0. The number of benzene rings is 1. The van der Waals surface area contributed by atoms with Gasteiger partial charge in [0.2, 0.25) is 0 Å². The number of thiophene rings is 1. The first-order valence-electron chi connectivity index (χ1n) is 5.41. The Labute approximate surface area is 117 Å². The van der Waals surface area contributed by atoms with Crippen molar-refractivity contribution in [1.29, 1.82) is 0 Å². The molecule has 0 amide bonds. The average Bonchev–Trinajstić information content (AvgIpc) is 2.98. The highest BCUT2D eigenvalue weighted by atomic mass is 32.1. The van der Waals surface area contributed by atoms with E-state index in [4.69, 9.17) is 5.73 Å². The zero-order valence-corrected chi connectivity index (χ0v) is 10.9. The summed E-state index contributed by atoms with van der Waals surface area (Å²) in [5.74, 6) is -0.899. The molecule has 0 saturated heterocycles. The molecule has 102 valence electrons. The Hall–Kier alpha value is -2.74. The summed E-state index contributed by atoms with van der Waals surface area (Å²) in [5, 5.41) is 16.1. The van der Waals surface area contributed by atoms with Gasteiger partial charge < -0.3 is 10.6 Å². The first kappa shape index (κ1) is 13.7.